The third kappa shape index (κ3) is 5.13. The van der Waals surface area contributed by atoms with Crippen molar-refractivity contribution in [3.05, 3.63) is 64.5 Å². The predicted octanol–water partition coefficient (Wildman–Crippen LogP) is 2.67. The van der Waals surface area contributed by atoms with E-state index in [9.17, 15) is 14.4 Å². The van der Waals surface area contributed by atoms with Gasteiger partial charge in [0.25, 0.3) is 5.91 Å². The van der Waals surface area contributed by atoms with Gasteiger partial charge in [-0.2, -0.15) is 0 Å². The molecule has 0 bridgehead atoms. The van der Waals surface area contributed by atoms with Crippen molar-refractivity contribution in [1.29, 1.82) is 0 Å². The number of fused-ring (bicyclic) bond motifs is 1. The molecule has 1 N–H and O–H groups in total. The molecule has 29 heavy (non-hydrogen) atoms. The summed E-state index contributed by atoms with van der Waals surface area (Å²) in [7, 11) is 1.49. The fourth-order valence-corrected chi connectivity index (χ4v) is 2.66. The highest BCUT2D eigenvalue weighted by Gasteiger charge is 2.11. The van der Waals surface area contributed by atoms with Crippen LogP contribution in [0.25, 0.3) is 11.0 Å². The number of carbonyl (C=O) groups is 2. The van der Waals surface area contributed by atoms with Crippen molar-refractivity contribution in [2.75, 3.05) is 25.6 Å². The molecule has 0 unspecified atom stereocenters. The Bertz CT molecular complexity index is 1100. The highest BCUT2D eigenvalue weighted by molar-refractivity contribution is 5.94. The number of carbonyl (C=O) groups excluding carboxylic acids is 2. The van der Waals surface area contributed by atoms with Gasteiger partial charge in [-0.1, -0.05) is 12.1 Å². The summed E-state index contributed by atoms with van der Waals surface area (Å²) in [5, 5.41) is 3.37. The van der Waals surface area contributed by atoms with Crippen LogP contribution in [0.1, 0.15) is 5.56 Å². The Kier molecular flexibility index (Phi) is 6.13. The molecule has 0 saturated carbocycles. The standard InChI is InChI=1S/C21H19NO7/c1-13-9-20(24)29-18-10-14(7-8-15(13)18)27-12-21(25)28-11-19(23)22-16-5-3-4-6-17(16)26-2/h3-10H,11-12H2,1-2H3,(H,22,23). The number of para-hydroxylation sites is 2. The topological polar surface area (TPSA) is 104 Å². The number of ether oxygens (including phenoxy) is 3. The third-order valence-electron chi connectivity index (χ3n) is 4.02. The van der Waals surface area contributed by atoms with E-state index in [4.69, 9.17) is 18.6 Å². The molecular weight excluding hydrogens is 378 g/mol. The van der Waals surface area contributed by atoms with Gasteiger partial charge in [0, 0.05) is 17.5 Å². The van der Waals surface area contributed by atoms with Crippen molar-refractivity contribution in [1.82, 2.24) is 0 Å². The first-order valence-electron chi connectivity index (χ1n) is 8.72. The quantitative estimate of drug-likeness (QED) is 0.483. The van der Waals surface area contributed by atoms with Crippen molar-refractivity contribution in [2.45, 2.75) is 6.92 Å². The van der Waals surface area contributed by atoms with Gasteiger partial charge in [0.15, 0.2) is 13.2 Å². The van der Waals surface area contributed by atoms with Gasteiger partial charge in [0.2, 0.25) is 0 Å². The third-order valence-corrected chi connectivity index (χ3v) is 4.02. The molecule has 0 saturated heterocycles. The summed E-state index contributed by atoms with van der Waals surface area (Å²) in [4.78, 5) is 35.3. The Balaban J connectivity index is 1.51. The molecule has 1 aromatic heterocycles. The number of hydrogen-bond acceptors (Lipinski definition) is 7. The molecule has 0 aliphatic heterocycles. The van der Waals surface area contributed by atoms with E-state index in [1.165, 1.54) is 19.2 Å². The molecule has 2 aromatic carbocycles. The smallest absolute Gasteiger partial charge is 0.344 e. The summed E-state index contributed by atoms with van der Waals surface area (Å²) in [5.74, 6) is -0.396. The molecule has 0 aliphatic rings. The van der Waals surface area contributed by atoms with Crippen LogP contribution in [0.2, 0.25) is 0 Å². The average Bonchev–Trinajstić information content (AvgIpc) is 2.70. The molecule has 0 atom stereocenters. The fraction of sp³-hybridized carbons (Fsp3) is 0.190. The van der Waals surface area contributed by atoms with Crippen molar-refractivity contribution in [2.24, 2.45) is 0 Å². The number of benzene rings is 2. The predicted molar refractivity (Wildman–Crippen MR) is 105 cm³/mol. The monoisotopic (exact) mass is 397 g/mol. The van der Waals surface area contributed by atoms with Crippen LogP contribution in [-0.4, -0.2) is 32.2 Å². The second-order valence-corrected chi connectivity index (χ2v) is 6.10. The number of hydrogen-bond donors (Lipinski definition) is 1. The van der Waals surface area contributed by atoms with Gasteiger partial charge in [-0.3, -0.25) is 4.79 Å². The maximum Gasteiger partial charge on any atom is 0.344 e. The van der Waals surface area contributed by atoms with Crippen LogP contribution in [-0.2, 0) is 14.3 Å². The summed E-state index contributed by atoms with van der Waals surface area (Å²) >= 11 is 0. The molecule has 3 aromatic rings. The van der Waals surface area contributed by atoms with Crippen molar-refractivity contribution < 1.29 is 28.2 Å². The Morgan fingerprint density at radius 2 is 1.86 bits per heavy atom. The van der Waals surface area contributed by atoms with Crippen LogP contribution in [0.15, 0.2) is 57.7 Å². The molecule has 1 heterocycles. The molecular formula is C21H19NO7. The SMILES string of the molecule is COc1ccccc1NC(=O)COC(=O)COc1ccc2c(C)cc(=O)oc2c1. The lowest BCUT2D eigenvalue weighted by Gasteiger charge is -2.10. The van der Waals surface area contributed by atoms with Gasteiger partial charge in [0.05, 0.1) is 12.8 Å². The summed E-state index contributed by atoms with van der Waals surface area (Å²) in [5.41, 5.74) is 1.15. The number of methoxy groups -OCH3 is 1. The van der Waals surface area contributed by atoms with Gasteiger partial charge < -0.3 is 23.9 Å². The second-order valence-electron chi connectivity index (χ2n) is 6.10. The van der Waals surface area contributed by atoms with Gasteiger partial charge >= 0.3 is 11.6 Å². The zero-order valence-electron chi connectivity index (χ0n) is 15.9. The summed E-state index contributed by atoms with van der Waals surface area (Å²) < 4.78 is 20.5. The molecule has 1 amide bonds. The van der Waals surface area contributed by atoms with Gasteiger partial charge in [-0.15, -0.1) is 0 Å². The number of amides is 1. The number of nitrogens with one attached hydrogen (secondary N) is 1. The zero-order valence-corrected chi connectivity index (χ0v) is 15.9. The summed E-state index contributed by atoms with van der Waals surface area (Å²) in [6, 6.07) is 13.2. The van der Waals surface area contributed by atoms with E-state index in [2.05, 4.69) is 5.32 Å². The Morgan fingerprint density at radius 3 is 2.66 bits per heavy atom. The molecule has 0 aliphatic carbocycles. The largest absolute Gasteiger partial charge is 0.495 e. The number of rotatable bonds is 7. The van der Waals surface area contributed by atoms with E-state index < -0.39 is 30.7 Å². The average molecular weight is 397 g/mol. The highest BCUT2D eigenvalue weighted by atomic mass is 16.6. The Labute approximate surface area is 166 Å². The minimum atomic E-state index is -0.717. The molecule has 0 radical (unpaired) electrons. The van der Waals surface area contributed by atoms with Gasteiger partial charge in [-0.05, 0) is 36.8 Å². The van der Waals surface area contributed by atoms with Crippen molar-refractivity contribution >= 4 is 28.5 Å². The Hall–Kier alpha value is -3.81. The van der Waals surface area contributed by atoms with Crippen molar-refractivity contribution in [3.8, 4) is 11.5 Å². The van der Waals surface area contributed by atoms with Crippen LogP contribution >= 0.6 is 0 Å². The Morgan fingerprint density at radius 1 is 1.07 bits per heavy atom. The lowest BCUT2D eigenvalue weighted by atomic mass is 10.1. The lowest BCUT2D eigenvalue weighted by Crippen LogP contribution is -2.23. The van der Waals surface area contributed by atoms with Gasteiger partial charge in [0.1, 0.15) is 17.1 Å². The first-order valence-corrected chi connectivity index (χ1v) is 8.72. The summed E-state index contributed by atoms with van der Waals surface area (Å²) in [6.07, 6.45) is 0. The molecule has 0 fully saturated rings. The minimum absolute atomic E-state index is 0.335. The van der Waals surface area contributed by atoms with Crippen molar-refractivity contribution in [3.63, 3.8) is 0 Å². The van der Waals surface area contributed by atoms with Crippen LogP contribution in [0.3, 0.4) is 0 Å². The van der Waals surface area contributed by atoms with Crippen LogP contribution < -0.4 is 20.4 Å². The highest BCUT2D eigenvalue weighted by Crippen LogP contribution is 2.23. The van der Waals surface area contributed by atoms with E-state index in [1.54, 1.807) is 43.3 Å². The van der Waals surface area contributed by atoms with Crippen LogP contribution in [0.4, 0.5) is 5.69 Å². The molecule has 8 nitrogen and oxygen atoms in total. The maximum atomic E-state index is 11.9. The number of anilines is 1. The minimum Gasteiger partial charge on any atom is -0.495 e. The first kappa shape index (κ1) is 19.9. The number of aryl methyl sites for hydroxylation is 1. The number of esters is 1. The molecule has 3 rings (SSSR count). The van der Waals surface area contributed by atoms with Gasteiger partial charge in [-0.25, -0.2) is 9.59 Å². The normalized spacial score (nSPS) is 10.4. The maximum absolute atomic E-state index is 11.9. The van der Waals surface area contributed by atoms with E-state index in [1.807, 2.05) is 0 Å². The van der Waals surface area contributed by atoms with E-state index >= 15 is 0 Å². The van der Waals surface area contributed by atoms with E-state index in [0.29, 0.717) is 22.8 Å². The van der Waals surface area contributed by atoms with Crippen LogP contribution in [0.5, 0.6) is 11.5 Å². The van der Waals surface area contributed by atoms with E-state index in [0.717, 1.165) is 10.9 Å². The van der Waals surface area contributed by atoms with Crippen LogP contribution in [0, 0.1) is 6.92 Å². The fourth-order valence-electron chi connectivity index (χ4n) is 2.66. The lowest BCUT2D eigenvalue weighted by molar-refractivity contribution is -0.149. The molecule has 150 valence electrons. The molecule has 8 heteroatoms. The molecule has 0 spiro atoms. The second kappa shape index (κ2) is 8.92. The zero-order chi connectivity index (χ0) is 20.8. The summed E-state index contributed by atoms with van der Waals surface area (Å²) in [6.45, 7) is 0.933. The first-order chi connectivity index (χ1) is 14.0. The van der Waals surface area contributed by atoms with E-state index in [-0.39, 0.29) is 0 Å².